The zero-order valence-corrected chi connectivity index (χ0v) is 16.2. The number of hydrogen-bond acceptors (Lipinski definition) is 4. The Morgan fingerprint density at radius 1 is 1.24 bits per heavy atom. The number of nitrogens with zero attached hydrogens (tertiary/aromatic N) is 2. The van der Waals surface area contributed by atoms with E-state index in [0.29, 0.717) is 16.6 Å². The number of rotatable bonds is 4. The molecular formula is C18H14BrF5N4O. The molecule has 3 rings (SSSR count). The van der Waals surface area contributed by atoms with Crippen molar-refractivity contribution < 1.29 is 26.7 Å². The smallest absolute Gasteiger partial charge is 0.283 e. The molecule has 0 bridgehead atoms. The molecule has 0 radical (unpaired) electrons. The highest BCUT2D eigenvalue weighted by molar-refractivity contribution is 9.10. The highest BCUT2D eigenvalue weighted by Crippen LogP contribution is 2.51. The van der Waals surface area contributed by atoms with Gasteiger partial charge in [-0.15, -0.1) is 0 Å². The predicted octanol–water partition coefficient (Wildman–Crippen LogP) is 4.48. The van der Waals surface area contributed by atoms with Gasteiger partial charge in [0.1, 0.15) is 11.5 Å². The molecule has 5 nitrogen and oxygen atoms in total. The lowest BCUT2D eigenvalue weighted by Gasteiger charge is -2.40. The molecule has 1 aliphatic rings. The third kappa shape index (κ3) is 3.83. The van der Waals surface area contributed by atoms with Crippen LogP contribution in [0.25, 0.3) is 0 Å². The number of benzene rings is 1. The third-order valence-corrected chi connectivity index (χ3v) is 4.95. The summed E-state index contributed by atoms with van der Waals surface area (Å²) in [6, 6.07) is 5.41. The summed E-state index contributed by atoms with van der Waals surface area (Å²) >= 11 is 3.16. The molecule has 0 saturated heterocycles. The Bertz CT molecular complexity index is 967. The van der Waals surface area contributed by atoms with E-state index in [0.717, 1.165) is 6.07 Å². The van der Waals surface area contributed by atoms with Crippen molar-refractivity contribution >= 4 is 33.4 Å². The van der Waals surface area contributed by atoms with Gasteiger partial charge < -0.3 is 11.1 Å². The molecule has 11 heteroatoms. The lowest BCUT2D eigenvalue weighted by molar-refractivity contribution is -0.145. The van der Waals surface area contributed by atoms with E-state index >= 15 is 0 Å². The number of aliphatic imine (C=N–C) groups is 1. The van der Waals surface area contributed by atoms with Crippen LogP contribution in [0.4, 0.5) is 27.6 Å². The standard InChI is InChI=1S/C18H14BrF5N4O/c19-9-1-4-13(26-8-9)15(29)27-10-2-3-12(20)11(7-10)18(16(21)22)17(23,24)6-5-14(25)28-18/h1-4,7-8,16H,5-6H2,(H2,25,28)(H,27,29)/t18-/m0/s1. The van der Waals surface area contributed by atoms with E-state index in [1.807, 2.05) is 0 Å². The maximum atomic E-state index is 14.6. The van der Waals surface area contributed by atoms with Gasteiger partial charge in [0.2, 0.25) is 5.54 Å². The lowest BCUT2D eigenvalue weighted by Crippen LogP contribution is -2.54. The van der Waals surface area contributed by atoms with Gasteiger partial charge >= 0.3 is 0 Å². The van der Waals surface area contributed by atoms with Crippen LogP contribution in [0, 0.1) is 5.82 Å². The Kier molecular flexibility index (Phi) is 5.61. The molecule has 29 heavy (non-hydrogen) atoms. The van der Waals surface area contributed by atoms with Crippen molar-refractivity contribution in [2.45, 2.75) is 30.7 Å². The fourth-order valence-corrected chi connectivity index (χ4v) is 3.26. The predicted molar refractivity (Wildman–Crippen MR) is 99.8 cm³/mol. The second-order valence-corrected chi connectivity index (χ2v) is 7.30. The maximum Gasteiger partial charge on any atom is 0.283 e. The fraction of sp³-hybridized carbons (Fsp3) is 0.278. The minimum atomic E-state index is -4.05. The summed E-state index contributed by atoms with van der Waals surface area (Å²) < 4.78 is 72.0. The van der Waals surface area contributed by atoms with Crippen LogP contribution < -0.4 is 11.1 Å². The summed E-state index contributed by atoms with van der Waals surface area (Å²) in [6.07, 6.45) is -3.79. The minimum absolute atomic E-state index is 0.0205. The number of alkyl halides is 4. The van der Waals surface area contributed by atoms with Crippen molar-refractivity contribution in [3.63, 3.8) is 0 Å². The molecular weight excluding hydrogens is 463 g/mol. The SMILES string of the molecule is NC1=N[C@@](c2cc(NC(=O)c3ccc(Br)cn3)ccc2F)(C(F)F)C(F)(F)CC1. The van der Waals surface area contributed by atoms with Gasteiger partial charge in [0.05, 0.1) is 5.84 Å². The van der Waals surface area contributed by atoms with Crippen molar-refractivity contribution in [1.29, 1.82) is 0 Å². The minimum Gasteiger partial charge on any atom is -0.387 e. The second-order valence-electron chi connectivity index (χ2n) is 6.39. The van der Waals surface area contributed by atoms with Crippen molar-refractivity contribution in [3.05, 3.63) is 58.1 Å². The summed E-state index contributed by atoms with van der Waals surface area (Å²) in [7, 11) is 0. The van der Waals surface area contributed by atoms with Gasteiger partial charge in [-0.25, -0.2) is 31.9 Å². The van der Waals surface area contributed by atoms with E-state index < -0.39 is 53.9 Å². The Balaban J connectivity index is 2.05. The molecule has 0 unspecified atom stereocenters. The molecule has 3 N–H and O–H groups in total. The molecule has 0 aliphatic carbocycles. The number of anilines is 1. The summed E-state index contributed by atoms with van der Waals surface area (Å²) in [5.74, 6) is -6.53. The first-order valence-electron chi connectivity index (χ1n) is 8.30. The normalized spacial score (nSPS) is 21.0. The zero-order chi connectivity index (χ0) is 21.4. The second kappa shape index (κ2) is 7.69. The fourth-order valence-electron chi connectivity index (χ4n) is 3.02. The van der Waals surface area contributed by atoms with E-state index in [1.54, 1.807) is 6.07 Å². The molecule has 0 spiro atoms. The Morgan fingerprint density at radius 2 is 1.97 bits per heavy atom. The number of halogens is 6. The molecule has 1 atom stereocenters. The van der Waals surface area contributed by atoms with Crippen molar-refractivity contribution in [2.24, 2.45) is 10.7 Å². The van der Waals surface area contributed by atoms with Crippen LogP contribution in [-0.2, 0) is 5.54 Å². The first-order valence-corrected chi connectivity index (χ1v) is 9.09. The third-order valence-electron chi connectivity index (χ3n) is 4.48. The number of nitrogens with two attached hydrogens (primary N) is 1. The van der Waals surface area contributed by atoms with Gasteiger partial charge in [0, 0.05) is 34.8 Å². The number of pyridine rings is 1. The first-order chi connectivity index (χ1) is 13.6. The van der Waals surface area contributed by atoms with Gasteiger partial charge in [-0.2, -0.15) is 0 Å². The molecule has 1 amide bonds. The molecule has 1 aromatic heterocycles. The Morgan fingerprint density at radius 3 is 2.59 bits per heavy atom. The molecule has 1 aromatic carbocycles. The number of nitrogens with one attached hydrogen (secondary N) is 1. The molecule has 1 aliphatic heterocycles. The number of amidine groups is 1. The molecule has 2 aromatic rings. The number of carbonyl (C=O) groups excluding carboxylic acids is 1. The monoisotopic (exact) mass is 476 g/mol. The van der Waals surface area contributed by atoms with Crippen LogP contribution in [0.3, 0.4) is 0 Å². The molecule has 154 valence electrons. The molecule has 0 fully saturated rings. The maximum absolute atomic E-state index is 14.6. The average Bonchev–Trinajstić information content (AvgIpc) is 2.65. The summed E-state index contributed by atoms with van der Waals surface area (Å²) in [5.41, 5.74) is 0.703. The highest BCUT2D eigenvalue weighted by Gasteiger charge is 2.63. The van der Waals surface area contributed by atoms with Gasteiger partial charge in [0.25, 0.3) is 18.3 Å². The average molecular weight is 477 g/mol. The van der Waals surface area contributed by atoms with Gasteiger partial charge in [-0.05, 0) is 46.3 Å². The van der Waals surface area contributed by atoms with Crippen molar-refractivity contribution in [1.82, 2.24) is 4.98 Å². The first kappa shape index (κ1) is 21.2. The van der Waals surface area contributed by atoms with Crippen LogP contribution in [0.1, 0.15) is 28.9 Å². The van der Waals surface area contributed by atoms with Gasteiger partial charge in [-0.1, -0.05) is 0 Å². The molecule has 0 saturated carbocycles. The zero-order valence-electron chi connectivity index (χ0n) is 14.6. The number of amides is 1. The number of carbonyl (C=O) groups is 1. The van der Waals surface area contributed by atoms with Crippen LogP contribution in [-0.4, -0.2) is 29.1 Å². The lowest BCUT2D eigenvalue weighted by atomic mass is 9.79. The van der Waals surface area contributed by atoms with Crippen LogP contribution in [0.2, 0.25) is 0 Å². The van der Waals surface area contributed by atoms with Gasteiger partial charge in [0.15, 0.2) is 0 Å². The van der Waals surface area contributed by atoms with E-state index in [-0.39, 0.29) is 11.4 Å². The van der Waals surface area contributed by atoms with Crippen LogP contribution >= 0.6 is 15.9 Å². The largest absolute Gasteiger partial charge is 0.387 e. The Hall–Kier alpha value is -2.56. The van der Waals surface area contributed by atoms with E-state index in [4.69, 9.17) is 5.73 Å². The highest BCUT2D eigenvalue weighted by atomic mass is 79.9. The summed E-state index contributed by atoms with van der Waals surface area (Å²) in [4.78, 5) is 19.4. The number of aromatic nitrogens is 1. The van der Waals surface area contributed by atoms with Crippen LogP contribution in [0.15, 0.2) is 46.0 Å². The Labute approximate surface area is 170 Å². The van der Waals surface area contributed by atoms with E-state index in [9.17, 15) is 26.7 Å². The number of hydrogen-bond donors (Lipinski definition) is 2. The topological polar surface area (TPSA) is 80.4 Å². The van der Waals surface area contributed by atoms with Crippen molar-refractivity contribution in [3.8, 4) is 0 Å². The van der Waals surface area contributed by atoms with E-state index in [1.165, 1.54) is 12.3 Å². The summed E-state index contributed by atoms with van der Waals surface area (Å²) in [5, 5.41) is 2.33. The van der Waals surface area contributed by atoms with Crippen molar-refractivity contribution in [2.75, 3.05) is 5.32 Å². The van der Waals surface area contributed by atoms with Gasteiger partial charge in [-0.3, -0.25) is 4.79 Å². The van der Waals surface area contributed by atoms with Crippen LogP contribution in [0.5, 0.6) is 0 Å². The van der Waals surface area contributed by atoms with E-state index in [2.05, 4.69) is 31.2 Å². The quantitative estimate of drug-likeness (QED) is 0.638. The molecule has 2 heterocycles. The summed E-state index contributed by atoms with van der Waals surface area (Å²) in [6.45, 7) is 0.